The predicted molar refractivity (Wildman–Crippen MR) is 83.8 cm³/mol. The van der Waals surface area contributed by atoms with Gasteiger partial charge in [0.25, 0.3) is 0 Å². The third-order valence-electron chi connectivity index (χ3n) is 4.23. The van der Waals surface area contributed by atoms with Gasteiger partial charge in [-0.05, 0) is 26.7 Å². The summed E-state index contributed by atoms with van der Waals surface area (Å²) in [7, 11) is 0. The minimum absolute atomic E-state index is 0.112. The molecule has 0 saturated heterocycles. The maximum atomic E-state index is 11.7. The Morgan fingerprint density at radius 2 is 1.45 bits per heavy atom. The number of ether oxygens (including phenoxy) is 1. The molecule has 0 heterocycles. The second-order valence-corrected chi connectivity index (χ2v) is 6.10. The summed E-state index contributed by atoms with van der Waals surface area (Å²) in [5.41, 5.74) is 0. The summed E-state index contributed by atoms with van der Waals surface area (Å²) < 4.78 is 5.08. The molecular weight excluding hydrogens is 250 g/mol. The molecule has 0 aromatic heterocycles. The van der Waals surface area contributed by atoms with Gasteiger partial charge in [0.15, 0.2) is 0 Å². The normalized spacial score (nSPS) is 21.5. The largest absolute Gasteiger partial charge is 0.465 e. The molecule has 1 aliphatic rings. The summed E-state index contributed by atoms with van der Waals surface area (Å²) >= 11 is 0. The Labute approximate surface area is 124 Å². The van der Waals surface area contributed by atoms with Crippen LogP contribution >= 0.6 is 0 Å². The van der Waals surface area contributed by atoms with E-state index in [0.717, 1.165) is 0 Å². The lowest BCUT2D eigenvalue weighted by atomic mass is 9.97. The van der Waals surface area contributed by atoms with Crippen LogP contribution in [0.5, 0.6) is 0 Å². The van der Waals surface area contributed by atoms with Crippen molar-refractivity contribution in [3.63, 3.8) is 0 Å². The van der Waals surface area contributed by atoms with Crippen LogP contribution in [0.3, 0.4) is 0 Å². The Balaban J connectivity index is 2.35. The van der Waals surface area contributed by atoms with E-state index in [1.807, 2.05) is 13.8 Å². The molecule has 1 fully saturated rings. The van der Waals surface area contributed by atoms with Crippen molar-refractivity contribution in [1.29, 1.82) is 0 Å². The van der Waals surface area contributed by atoms with Crippen molar-refractivity contribution < 1.29 is 9.53 Å². The lowest BCUT2D eigenvalue weighted by Crippen LogP contribution is -2.42. The Kier molecular flexibility index (Phi) is 9.73. The van der Waals surface area contributed by atoms with Gasteiger partial charge >= 0.3 is 5.97 Å². The average molecular weight is 283 g/mol. The van der Waals surface area contributed by atoms with Crippen molar-refractivity contribution in [1.82, 2.24) is 5.32 Å². The highest BCUT2D eigenvalue weighted by Crippen LogP contribution is 2.17. The summed E-state index contributed by atoms with van der Waals surface area (Å²) in [6.45, 7) is 4.25. The first-order valence-corrected chi connectivity index (χ1v) is 8.66. The molecule has 1 rings (SSSR count). The molecular formula is C17H33NO2. The molecule has 0 radical (unpaired) electrons. The molecule has 118 valence electrons. The molecule has 1 N–H and O–H groups in total. The standard InChI is InChI=1S/C17H33NO2/c1-3-20-17(19)15(2)18-16-13-11-9-7-5-4-6-8-10-12-14-16/h15-16,18H,3-14H2,1-2H3. The smallest absolute Gasteiger partial charge is 0.322 e. The quantitative estimate of drug-likeness (QED) is 0.786. The molecule has 0 aromatic rings. The molecule has 1 aliphatic carbocycles. The van der Waals surface area contributed by atoms with Gasteiger partial charge in [-0.15, -0.1) is 0 Å². The molecule has 20 heavy (non-hydrogen) atoms. The lowest BCUT2D eigenvalue weighted by Gasteiger charge is -2.23. The Morgan fingerprint density at radius 3 is 1.90 bits per heavy atom. The number of rotatable bonds is 4. The van der Waals surface area contributed by atoms with Gasteiger partial charge in [0, 0.05) is 6.04 Å². The number of hydrogen-bond acceptors (Lipinski definition) is 3. The maximum Gasteiger partial charge on any atom is 0.322 e. The van der Waals surface area contributed by atoms with Crippen LogP contribution in [0.4, 0.5) is 0 Å². The van der Waals surface area contributed by atoms with Gasteiger partial charge in [0.1, 0.15) is 6.04 Å². The van der Waals surface area contributed by atoms with Crippen molar-refractivity contribution >= 4 is 5.97 Å². The summed E-state index contributed by atoms with van der Waals surface area (Å²) in [4.78, 5) is 11.7. The third kappa shape index (κ3) is 7.88. The van der Waals surface area contributed by atoms with Crippen molar-refractivity contribution in [3.05, 3.63) is 0 Å². The number of hydrogen-bond donors (Lipinski definition) is 1. The van der Waals surface area contributed by atoms with Gasteiger partial charge in [-0.25, -0.2) is 0 Å². The highest BCUT2D eigenvalue weighted by molar-refractivity contribution is 5.75. The minimum atomic E-state index is -0.173. The fourth-order valence-corrected chi connectivity index (χ4v) is 3.02. The maximum absolute atomic E-state index is 11.7. The highest BCUT2D eigenvalue weighted by atomic mass is 16.5. The minimum Gasteiger partial charge on any atom is -0.465 e. The van der Waals surface area contributed by atoms with E-state index in [4.69, 9.17) is 4.74 Å². The number of esters is 1. The van der Waals surface area contributed by atoms with Crippen LogP contribution in [0.2, 0.25) is 0 Å². The second kappa shape index (κ2) is 11.1. The van der Waals surface area contributed by atoms with E-state index in [9.17, 15) is 4.79 Å². The van der Waals surface area contributed by atoms with Crippen molar-refractivity contribution in [2.45, 2.75) is 96.6 Å². The number of carbonyl (C=O) groups is 1. The van der Waals surface area contributed by atoms with Gasteiger partial charge in [0.2, 0.25) is 0 Å². The highest BCUT2D eigenvalue weighted by Gasteiger charge is 2.18. The molecule has 1 saturated carbocycles. The summed E-state index contributed by atoms with van der Waals surface area (Å²) in [5, 5.41) is 3.48. The second-order valence-electron chi connectivity index (χ2n) is 6.10. The molecule has 1 unspecified atom stereocenters. The van der Waals surface area contributed by atoms with Crippen LogP contribution in [0.15, 0.2) is 0 Å². The molecule has 0 aliphatic heterocycles. The fourth-order valence-electron chi connectivity index (χ4n) is 3.02. The fraction of sp³-hybridized carbons (Fsp3) is 0.941. The van der Waals surface area contributed by atoms with Gasteiger partial charge < -0.3 is 10.1 Å². The van der Waals surface area contributed by atoms with Crippen LogP contribution in [0.25, 0.3) is 0 Å². The zero-order valence-electron chi connectivity index (χ0n) is 13.5. The van der Waals surface area contributed by atoms with Gasteiger partial charge in [-0.1, -0.05) is 57.8 Å². The number of carbonyl (C=O) groups excluding carboxylic acids is 1. The predicted octanol–water partition coefficient (Wildman–Crippen LogP) is 4.20. The molecule has 0 spiro atoms. The number of nitrogens with one attached hydrogen (secondary N) is 1. The van der Waals surface area contributed by atoms with Crippen molar-refractivity contribution in [2.75, 3.05) is 6.61 Å². The van der Waals surface area contributed by atoms with E-state index in [0.29, 0.717) is 12.6 Å². The summed E-state index contributed by atoms with van der Waals surface area (Å²) in [6, 6.07) is 0.307. The monoisotopic (exact) mass is 283 g/mol. The summed E-state index contributed by atoms with van der Waals surface area (Å²) in [5.74, 6) is -0.112. The van der Waals surface area contributed by atoms with Crippen LogP contribution in [-0.2, 0) is 9.53 Å². The molecule has 1 atom stereocenters. The van der Waals surface area contributed by atoms with E-state index in [1.165, 1.54) is 70.6 Å². The van der Waals surface area contributed by atoms with Crippen LogP contribution in [0, 0.1) is 0 Å². The van der Waals surface area contributed by atoms with E-state index >= 15 is 0 Å². The third-order valence-corrected chi connectivity index (χ3v) is 4.23. The molecule has 0 amide bonds. The van der Waals surface area contributed by atoms with Crippen molar-refractivity contribution in [3.8, 4) is 0 Å². The molecule has 3 heteroatoms. The first kappa shape index (κ1) is 17.5. The van der Waals surface area contributed by atoms with Gasteiger partial charge in [-0.3, -0.25) is 4.79 Å². The van der Waals surface area contributed by atoms with E-state index in [2.05, 4.69) is 5.32 Å². The van der Waals surface area contributed by atoms with Crippen molar-refractivity contribution in [2.24, 2.45) is 0 Å². The van der Waals surface area contributed by atoms with E-state index in [-0.39, 0.29) is 12.0 Å². The first-order chi connectivity index (χ1) is 9.74. The van der Waals surface area contributed by atoms with Crippen LogP contribution in [0.1, 0.15) is 84.5 Å². The SMILES string of the molecule is CCOC(=O)C(C)NC1CCCCCCCCCCC1. The topological polar surface area (TPSA) is 38.3 Å². The van der Waals surface area contributed by atoms with E-state index < -0.39 is 0 Å². The van der Waals surface area contributed by atoms with Crippen LogP contribution < -0.4 is 5.32 Å². The Hall–Kier alpha value is -0.570. The Morgan fingerprint density at radius 1 is 1.00 bits per heavy atom. The van der Waals surface area contributed by atoms with E-state index in [1.54, 1.807) is 0 Å². The lowest BCUT2D eigenvalue weighted by molar-refractivity contribution is -0.145. The Bertz CT molecular complexity index is 243. The first-order valence-electron chi connectivity index (χ1n) is 8.66. The molecule has 0 bridgehead atoms. The van der Waals surface area contributed by atoms with Gasteiger partial charge in [-0.2, -0.15) is 0 Å². The van der Waals surface area contributed by atoms with Crippen LogP contribution in [-0.4, -0.2) is 24.7 Å². The average Bonchev–Trinajstić information content (AvgIpc) is 2.42. The summed E-state index contributed by atoms with van der Waals surface area (Å²) in [6.07, 6.45) is 14.6. The molecule has 3 nitrogen and oxygen atoms in total. The zero-order chi connectivity index (χ0) is 14.6. The zero-order valence-corrected chi connectivity index (χ0v) is 13.5. The molecule has 0 aromatic carbocycles. The van der Waals surface area contributed by atoms with Gasteiger partial charge in [0.05, 0.1) is 6.61 Å².